The molecule has 1 aliphatic rings. The number of aromatic nitrogens is 2. The van der Waals surface area contributed by atoms with Crippen LogP contribution >= 0.6 is 0 Å². The van der Waals surface area contributed by atoms with Gasteiger partial charge in [-0.15, -0.1) is 0 Å². The Morgan fingerprint density at radius 2 is 1.84 bits per heavy atom. The van der Waals surface area contributed by atoms with Crippen molar-refractivity contribution in [3.8, 4) is 40.3 Å². The van der Waals surface area contributed by atoms with Crippen molar-refractivity contribution in [1.82, 2.24) is 9.78 Å². The van der Waals surface area contributed by atoms with Crippen molar-refractivity contribution in [3.63, 3.8) is 0 Å². The average molecular weight is 493 g/mol. The van der Waals surface area contributed by atoms with E-state index in [4.69, 9.17) is 19.3 Å². The summed E-state index contributed by atoms with van der Waals surface area (Å²) in [6, 6.07) is 24.3. The Morgan fingerprint density at radius 3 is 2.62 bits per heavy atom. The van der Waals surface area contributed by atoms with E-state index >= 15 is 0 Å². The monoisotopic (exact) mass is 492 g/mol. The second-order valence-electron chi connectivity index (χ2n) is 8.12. The standard InChI is InChI=1S/C29H24N4O4/c1-2-35-25-11-7-6-10-24(25)31-29(34)21(18-30)16-22-19-33(23-8-4-3-5-9-23)32-28(22)20-12-13-26-27(17-20)37-15-14-36-26/h3-13,16-17,19H,2,14-15H2,1H3,(H,31,34). The molecule has 0 radical (unpaired) electrons. The number of nitriles is 1. The number of nitrogens with zero attached hydrogens (tertiary/aromatic N) is 3. The maximum absolute atomic E-state index is 13.1. The summed E-state index contributed by atoms with van der Waals surface area (Å²) in [6.45, 7) is 3.27. The number of ether oxygens (including phenoxy) is 3. The summed E-state index contributed by atoms with van der Waals surface area (Å²) in [5.74, 6) is 1.28. The molecule has 0 spiro atoms. The first-order chi connectivity index (χ1) is 18.2. The van der Waals surface area contributed by atoms with Gasteiger partial charge in [0.05, 0.1) is 18.0 Å². The quantitative estimate of drug-likeness (QED) is 0.279. The number of carbonyl (C=O) groups is 1. The van der Waals surface area contributed by atoms with Gasteiger partial charge in [-0.25, -0.2) is 4.68 Å². The number of hydrogen-bond donors (Lipinski definition) is 1. The number of anilines is 1. The van der Waals surface area contributed by atoms with Crippen molar-refractivity contribution in [2.75, 3.05) is 25.1 Å². The van der Waals surface area contributed by atoms with E-state index in [1.54, 1.807) is 29.1 Å². The summed E-state index contributed by atoms with van der Waals surface area (Å²) in [5, 5.41) is 17.4. The number of fused-ring (bicyclic) bond motifs is 1. The molecule has 0 unspecified atom stereocenters. The Labute approximate surface area is 214 Å². The van der Waals surface area contributed by atoms with E-state index in [0.717, 1.165) is 11.3 Å². The van der Waals surface area contributed by atoms with Gasteiger partial charge >= 0.3 is 0 Å². The number of rotatable bonds is 7. The topological polar surface area (TPSA) is 98.4 Å². The zero-order valence-electron chi connectivity index (χ0n) is 20.2. The molecular formula is C29H24N4O4. The lowest BCUT2D eigenvalue weighted by atomic mass is 10.0. The van der Waals surface area contributed by atoms with E-state index in [9.17, 15) is 10.1 Å². The summed E-state index contributed by atoms with van der Waals surface area (Å²) < 4.78 is 18.7. The van der Waals surface area contributed by atoms with Gasteiger partial charge in [-0.3, -0.25) is 4.79 Å². The lowest BCUT2D eigenvalue weighted by Gasteiger charge is -2.18. The Morgan fingerprint density at radius 1 is 1.08 bits per heavy atom. The van der Waals surface area contributed by atoms with Gasteiger partial charge in [-0.05, 0) is 55.5 Å². The molecule has 4 aromatic rings. The number of nitrogens with one attached hydrogen (secondary N) is 1. The fraction of sp³-hybridized carbons (Fsp3) is 0.138. The van der Waals surface area contributed by atoms with E-state index < -0.39 is 5.91 Å². The molecule has 3 aromatic carbocycles. The Balaban J connectivity index is 1.54. The van der Waals surface area contributed by atoms with Gasteiger partial charge in [0.1, 0.15) is 36.3 Å². The molecule has 1 aromatic heterocycles. The third-order valence-electron chi connectivity index (χ3n) is 5.68. The highest BCUT2D eigenvalue weighted by Crippen LogP contribution is 2.36. The van der Waals surface area contributed by atoms with Crippen molar-refractivity contribution < 1.29 is 19.0 Å². The zero-order valence-corrected chi connectivity index (χ0v) is 20.2. The molecule has 37 heavy (non-hydrogen) atoms. The second-order valence-corrected chi connectivity index (χ2v) is 8.12. The second kappa shape index (κ2) is 10.7. The predicted octanol–water partition coefficient (Wildman–Crippen LogP) is 5.25. The smallest absolute Gasteiger partial charge is 0.266 e. The van der Waals surface area contributed by atoms with Gasteiger partial charge in [-0.2, -0.15) is 10.4 Å². The number of hydrogen-bond acceptors (Lipinski definition) is 6. The highest BCUT2D eigenvalue weighted by Gasteiger charge is 2.19. The van der Waals surface area contributed by atoms with Gasteiger partial charge in [0.15, 0.2) is 11.5 Å². The van der Waals surface area contributed by atoms with Crippen LogP contribution in [0.2, 0.25) is 0 Å². The molecule has 184 valence electrons. The summed E-state index contributed by atoms with van der Waals surface area (Å²) in [6.07, 6.45) is 3.33. The van der Waals surface area contributed by atoms with Gasteiger partial charge in [0, 0.05) is 17.3 Å². The molecule has 8 nitrogen and oxygen atoms in total. The highest BCUT2D eigenvalue weighted by molar-refractivity contribution is 6.10. The van der Waals surface area contributed by atoms with Crippen LogP contribution in [0.3, 0.4) is 0 Å². The van der Waals surface area contributed by atoms with Crippen molar-refractivity contribution >= 4 is 17.7 Å². The van der Waals surface area contributed by atoms with Crippen molar-refractivity contribution in [3.05, 3.63) is 90.1 Å². The van der Waals surface area contributed by atoms with Crippen molar-refractivity contribution in [2.24, 2.45) is 0 Å². The molecule has 1 amide bonds. The van der Waals surface area contributed by atoms with Crippen molar-refractivity contribution in [1.29, 1.82) is 5.26 Å². The minimum atomic E-state index is -0.546. The predicted molar refractivity (Wildman–Crippen MR) is 140 cm³/mol. The molecule has 0 saturated heterocycles. The summed E-state index contributed by atoms with van der Waals surface area (Å²) in [4.78, 5) is 13.1. The first-order valence-electron chi connectivity index (χ1n) is 11.9. The fourth-order valence-corrected chi connectivity index (χ4v) is 3.97. The third kappa shape index (κ3) is 5.16. The van der Waals surface area contributed by atoms with E-state index in [-0.39, 0.29) is 5.57 Å². The van der Waals surface area contributed by atoms with Crippen LogP contribution < -0.4 is 19.5 Å². The van der Waals surface area contributed by atoms with E-state index in [1.165, 1.54) is 6.08 Å². The zero-order chi connectivity index (χ0) is 25.6. The maximum Gasteiger partial charge on any atom is 0.266 e. The van der Waals surface area contributed by atoms with E-state index in [2.05, 4.69) is 5.32 Å². The maximum atomic E-state index is 13.1. The van der Waals surface area contributed by atoms with Crippen LogP contribution in [0.15, 0.2) is 84.6 Å². The van der Waals surface area contributed by atoms with Crippen LogP contribution in [0.25, 0.3) is 23.0 Å². The molecule has 0 fully saturated rings. The van der Waals surface area contributed by atoms with Gasteiger partial charge < -0.3 is 19.5 Å². The lowest BCUT2D eigenvalue weighted by molar-refractivity contribution is -0.112. The fourth-order valence-electron chi connectivity index (χ4n) is 3.97. The number of amides is 1. The van der Waals surface area contributed by atoms with E-state index in [1.807, 2.05) is 67.6 Å². The first-order valence-corrected chi connectivity index (χ1v) is 11.9. The largest absolute Gasteiger partial charge is 0.492 e. The molecule has 1 N–H and O–H groups in total. The number of carbonyl (C=O) groups excluding carboxylic acids is 1. The molecule has 5 rings (SSSR count). The molecule has 8 heteroatoms. The molecule has 1 aliphatic heterocycles. The Kier molecular flexibility index (Phi) is 6.86. The Bertz CT molecular complexity index is 1500. The van der Waals surface area contributed by atoms with Gasteiger partial charge in [0.25, 0.3) is 5.91 Å². The Hall–Kier alpha value is -5.03. The van der Waals surface area contributed by atoms with Gasteiger partial charge in [-0.1, -0.05) is 30.3 Å². The first kappa shape index (κ1) is 23.7. The molecule has 0 bridgehead atoms. The lowest BCUT2D eigenvalue weighted by Crippen LogP contribution is -2.15. The van der Waals surface area contributed by atoms with Crippen LogP contribution in [-0.4, -0.2) is 35.5 Å². The van der Waals surface area contributed by atoms with E-state index in [0.29, 0.717) is 54.0 Å². The molecule has 0 aliphatic carbocycles. The van der Waals surface area contributed by atoms with Crippen LogP contribution in [-0.2, 0) is 4.79 Å². The summed E-state index contributed by atoms with van der Waals surface area (Å²) >= 11 is 0. The summed E-state index contributed by atoms with van der Waals surface area (Å²) in [5.41, 5.74) is 3.22. The SMILES string of the molecule is CCOc1ccccc1NC(=O)C(C#N)=Cc1cn(-c2ccccc2)nc1-c1ccc2c(c1)OCCO2. The normalized spacial score (nSPS) is 12.5. The molecule has 0 saturated carbocycles. The molecule has 0 atom stereocenters. The molecular weight excluding hydrogens is 468 g/mol. The minimum Gasteiger partial charge on any atom is -0.492 e. The van der Waals surface area contributed by atoms with Crippen LogP contribution in [0.4, 0.5) is 5.69 Å². The average Bonchev–Trinajstić information content (AvgIpc) is 3.37. The minimum absolute atomic E-state index is 0.0716. The number of para-hydroxylation sites is 3. The van der Waals surface area contributed by atoms with Crippen LogP contribution in [0.5, 0.6) is 17.2 Å². The van der Waals surface area contributed by atoms with Crippen molar-refractivity contribution in [2.45, 2.75) is 6.92 Å². The number of benzene rings is 3. The third-order valence-corrected chi connectivity index (χ3v) is 5.68. The molecule has 2 heterocycles. The summed E-state index contributed by atoms with van der Waals surface area (Å²) in [7, 11) is 0. The van der Waals surface area contributed by atoms with Gasteiger partial charge in [0.2, 0.25) is 0 Å². The van der Waals surface area contributed by atoms with Crippen LogP contribution in [0.1, 0.15) is 12.5 Å². The highest BCUT2D eigenvalue weighted by atomic mass is 16.6. The van der Waals surface area contributed by atoms with Crippen LogP contribution in [0, 0.1) is 11.3 Å².